The Morgan fingerprint density at radius 1 is 1.53 bits per heavy atom. The molecule has 0 N–H and O–H groups in total. The Kier molecular flexibility index (Phi) is 4.82. The van der Waals surface area contributed by atoms with Crippen LogP contribution in [0.2, 0.25) is 4.34 Å². The van der Waals surface area contributed by atoms with Crippen LogP contribution in [0.4, 0.5) is 0 Å². The summed E-state index contributed by atoms with van der Waals surface area (Å²) in [6.45, 7) is 4.83. The second kappa shape index (κ2) is 6.16. The van der Waals surface area contributed by atoms with E-state index in [2.05, 4.69) is 30.0 Å². The van der Waals surface area contributed by atoms with E-state index in [-0.39, 0.29) is 0 Å². The normalized spacial score (nSPS) is 22.2. The summed E-state index contributed by atoms with van der Waals surface area (Å²) in [5.74, 6) is 0. The van der Waals surface area contributed by atoms with E-state index in [9.17, 15) is 0 Å². The number of thiophene rings is 1. The minimum Gasteiger partial charge on any atom is -0.374 e. The lowest BCUT2D eigenvalue weighted by Crippen LogP contribution is -2.45. The molecule has 1 aliphatic rings. The van der Waals surface area contributed by atoms with Crippen molar-refractivity contribution in [1.29, 1.82) is 0 Å². The minimum absolute atomic E-state index is 0.328. The molecule has 96 valence electrons. The van der Waals surface area contributed by atoms with Crippen molar-refractivity contribution in [2.75, 3.05) is 40.3 Å². The second-order valence-corrected chi connectivity index (χ2v) is 6.50. The number of hydrogen-bond donors (Lipinski definition) is 0. The molecule has 17 heavy (non-hydrogen) atoms. The Labute approximate surface area is 112 Å². The first-order valence-corrected chi connectivity index (χ1v) is 7.06. The predicted molar refractivity (Wildman–Crippen MR) is 72.9 cm³/mol. The molecule has 3 nitrogen and oxygen atoms in total. The lowest BCUT2D eigenvalue weighted by Gasteiger charge is -2.33. The van der Waals surface area contributed by atoms with Crippen LogP contribution < -0.4 is 0 Å². The first-order chi connectivity index (χ1) is 8.13. The topological polar surface area (TPSA) is 15.7 Å². The largest absolute Gasteiger partial charge is 0.374 e. The average Bonchev–Trinajstić information content (AvgIpc) is 2.63. The Balaban J connectivity index is 1.85. The maximum atomic E-state index is 5.94. The van der Waals surface area contributed by atoms with Gasteiger partial charge in [0.25, 0.3) is 0 Å². The van der Waals surface area contributed by atoms with Crippen LogP contribution in [0.1, 0.15) is 4.88 Å². The summed E-state index contributed by atoms with van der Waals surface area (Å²) < 4.78 is 6.63. The summed E-state index contributed by atoms with van der Waals surface area (Å²) in [4.78, 5) is 5.95. The van der Waals surface area contributed by atoms with E-state index in [4.69, 9.17) is 16.3 Å². The molecule has 5 heteroatoms. The van der Waals surface area contributed by atoms with E-state index < -0.39 is 0 Å². The first kappa shape index (κ1) is 13.3. The highest BCUT2D eigenvalue weighted by Crippen LogP contribution is 2.23. The van der Waals surface area contributed by atoms with E-state index in [0.717, 1.165) is 37.1 Å². The molecule has 0 spiro atoms. The van der Waals surface area contributed by atoms with Crippen molar-refractivity contribution >= 4 is 22.9 Å². The molecular weight excluding hydrogens is 256 g/mol. The van der Waals surface area contributed by atoms with E-state index >= 15 is 0 Å². The Hall–Kier alpha value is -0.130. The van der Waals surface area contributed by atoms with E-state index in [1.54, 1.807) is 11.3 Å². The van der Waals surface area contributed by atoms with Crippen LogP contribution in [-0.2, 0) is 11.3 Å². The van der Waals surface area contributed by atoms with Crippen molar-refractivity contribution in [2.45, 2.75) is 12.6 Å². The third-order valence-corrected chi connectivity index (χ3v) is 4.02. The van der Waals surface area contributed by atoms with Gasteiger partial charge in [0.1, 0.15) is 0 Å². The zero-order chi connectivity index (χ0) is 12.3. The molecule has 2 rings (SSSR count). The molecule has 0 amide bonds. The summed E-state index contributed by atoms with van der Waals surface area (Å²) >= 11 is 7.61. The number of ether oxygens (including phenoxy) is 1. The van der Waals surface area contributed by atoms with Gasteiger partial charge in [-0.3, -0.25) is 4.90 Å². The number of hydrogen-bond acceptors (Lipinski definition) is 4. The minimum atomic E-state index is 0.328. The van der Waals surface area contributed by atoms with Gasteiger partial charge in [-0.2, -0.15) is 0 Å². The van der Waals surface area contributed by atoms with Gasteiger partial charge < -0.3 is 9.64 Å². The van der Waals surface area contributed by atoms with Gasteiger partial charge in [0.2, 0.25) is 0 Å². The fourth-order valence-corrected chi connectivity index (χ4v) is 3.23. The summed E-state index contributed by atoms with van der Waals surface area (Å²) in [6.07, 6.45) is 0.328. The molecule has 0 radical (unpaired) electrons. The number of rotatable bonds is 4. The summed E-state index contributed by atoms with van der Waals surface area (Å²) in [7, 11) is 4.17. The van der Waals surface area contributed by atoms with Gasteiger partial charge in [-0.15, -0.1) is 11.3 Å². The molecule has 0 aliphatic carbocycles. The highest BCUT2D eigenvalue weighted by atomic mass is 35.5. The standard InChI is InChI=1S/C12H19ClN2OS/c1-14(2)7-10-8-15(5-6-16-10)9-11-3-4-12(13)17-11/h3-4,10H,5-9H2,1-2H3/t10-/m0/s1. The summed E-state index contributed by atoms with van der Waals surface area (Å²) in [5, 5.41) is 0. The smallest absolute Gasteiger partial charge is 0.0931 e. The van der Waals surface area contributed by atoms with Gasteiger partial charge in [-0.25, -0.2) is 0 Å². The van der Waals surface area contributed by atoms with Crippen molar-refractivity contribution in [3.63, 3.8) is 0 Å². The number of halogens is 1. The fourth-order valence-electron chi connectivity index (χ4n) is 2.10. The quantitative estimate of drug-likeness (QED) is 0.837. The van der Waals surface area contributed by atoms with Gasteiger partial charge in [-0.1, -0.05) is 11.6 Å². The van der Waals surface area contributed by atoms with Crippen molar-refractivity contribution in [3.8, 4) is 0 Å². The van der Waals surface area contributed by atoms with Gasteiger partial charge in [0.15, 0.2) is 0 Å². The lowest BCUT2D eigenvalue weighted by atomic mass is 10.2. The Morgan fingerprint density at radius 3 is 3.00 bits per heavy atom. The number of morpholine rings is 1. The molecular formula is C12H19ClN2OS. The van der Waals surface area contributed by atoms with Crippen molar-refractivity contribution < 1.29 is 4.74 Å². The van der Waals surface area contributed by atoms with Gasteiger partial charge >= 0.3 is 0 Å². The van der Waals surface area contributed by atoms with Crippen LogP contribution in [0.15, 0.2) is 12.1 Å². The third-order valence-electron chi connectivity index (χ3n) is 2.80. The van der Waals surface area contributed by atoms with E-state index in [1.165, 1.54) is 4.88 Å². The predicted octanol–water partition coefficient (Wildman–Crippen LogP) is 2.16. The SMILES string of the molecule is CN(C)C[C@H]1CN(Cc2ccc(Cl)s2)CCO1. The molecule has 0 bridgehead atoms. The molecule has 1 aliphatic heterocycles. The Morgan fingerprint density at radius 2 is 2.35 bits per heavy atom. The van der Waals surface area contributed by atoms with E-state index in [1.807, 2.05) is 6.07 Å². The molecule has 0 aromatic carbocycles. The molecule has 0 saturated carbocycles. The van der Waals surface area contributed by atoms with Crippen LogP contribution >= 0.6 is 22.9 Å². The highest BCUT2D eigenvalue weighted by Gasteiger charge is 2.21. The maximum Gasteiger partial charge on any atom is 0.0931 e. The Bertz CT molecular complexity index is 356. The molecule has 1 saturated heterocycles. The molecule has 0 unspecified atom stereocenters. The third kappa shape index (κ3) is 4.23. The molecule has 1 aromatic rings. The van der Waals surface area contributed by atoms with Crippen LogP contribution in [0.3, 0.4) is 0 Å². The highest BCUT2D eigenvalue weighted by molar-refractivity contribution is 7.16. The number of likely N-dealkylation sites (N-methyl/N-ethyl adjacent to an activating group) is 1. The van der Waals surface area contributed by atoms with Gasteiger partial charge in [0.05, 0.1) is 17.0 Å². The zero-order valence-corrected chi connectivity index (χ0v) is 11.9. The first-order valence-electron chi connectivity index (χ1n) is 5.86. The second-order valence-electron chi connectivity index (χ2n) is 4.70. The molecule has 1 aromatic heterocycles. The van der Waals surface area contributed by atoms with Gasteiger partial charge in [-0.05, 0) is 26.2 Å². The van der Waals surface area contributed by atoms with Crippen LogP contribution in [0.25, 0.3) is 0 Å². The average molecular weight is 275 g/mol. The maximum absolute atomic E-state index is 5.94. The monoisotopic (exact) mass is 274 g/mol. The van der Waals surface area contributed by atoms with Crippen molar-refractivity contribution in [3.05, 3.63) is 21.3 Å². The molecule has 2 heterocycles. The summed E-state index contributed by atoms with van der Waals surface area (Å²) in [5.41, 5.74) is 0. The van der Waals surface area contributed by atoms with Gasteiger partial charge in [0, 0.05) is 31.1 Å². The molecule has 1 fully saturated rings. The summed E-state index contributed by atoms with van der Waals surface area (Å²) in [6, 6.07) is 4.09. The van der Waals surface area contributed by atoms with Crippen LogP contribution in [-0.4, -0.2) is 56.2 Å². The number of nitrogens with zero attached hydrogens (tertiary/aromatic N) is 2. The van der Waals surface area contributed by atoms with Crippen LogP contribution in [0.5, 0.6) is 0 Å². The van der Waals surface area contributed by atoms with Crippen LogP contribution in [0, 0.1) is 0 Å². The van der Waals surface area contributed by atoms with Crippen molar-refractivity contribution in [1.82, 2.24) is 9.80 Å². The van der Waals surface area contributed by atoms with E-state index in [0.29, 0.717) is 6.10 Å². The lowest BCUT2D eigenvalue weighted by molar-refractivity contribution is -0.0404. The zero-order valence-electron chi connectivity index (χ0n) is 10.4. The molecule has 1 atom stereocenters. The van der Waals surface area contributed by atoms with Crippen molar-refractivity contribution in [2.24, 2.45) is 0 Å². The fraction of sp³-hybridized carbons (Fsp3) is 0.667.